The molecule has 3 aromatic rings. The van der Waals surface area contributed by atoms with Gasteiger partial charge in [0.2, 0.25) is 0 Å². The normalized spacial score (nSPS) is 20.6. The minimum absolute atomic E-state index is 0.137. The first-order valence-electron chi connectivity index (χ1n) is 18.2. The first-order chi connectivity index (χ1) is 24.5. The molecule has 2 aliphatic carbocycles. The Morgan fingerprint density at radius 1 is 0.980 bits per heavy atom. The molecule has 7 heteroatoms. The van der Waals surface area contributed by atoms with Crippen LogP contribution < -0.4 is 15.1 Å². The summed E-state index contributed by atoms with van der Waals surface area (Å²) in [5.41, 5.74) is 3.10. The van der Waals surface area contributed by atoms with E-state index in [1.165, 1.54) is 10.4 Å². The van der Waals surface area contributed by atoms with Crippen molar-refractivity contribution in [2.75, 3.05) is 20.3 Å². The van der Waals surface area contributed by atoms with Gasteiger partial charge < -0.3 is 18.6 Å². The van der Waals surface area contributed by atoms with E-state index < -0.39 is 8.32 Å². The summed E-state index contributed by atoms with van der Waals surface area (Å²) < 4.78 is 24.9. The maximum atomic E-state index is 13.5. The molecule has 0 unspecified atom stereocenters. The van der Waals surface area contributed by atoms with Crippen molar-refractivity contribution in [3.63, 3.8) is 0 Å². The van der Waals surface area contributed by atoms with E-state index >= 15 is 0 Å². The third kappa shape index (κ3) is 8.89. The van der Waals surface area contributed by atoms with Crippen molar-refractivity contribution in [3.05, 3.63) is 126 Å². The Hall–Kier alpha value is -4.04. The number of rotatable bonds is 17. The van der Waals surface area contributed by atoms with Crippen molar-refractivity contribution >= 4 is 30.9 Å². The highest BCUT2D eigenvalue weighted by Gasteiger charge is 2.51. The summed E-state index contributed by atoms with van der Waals surface area (Å²) in [6.07, 6.45) is 9.19. The van der Waals surface area contributed by atoms with Gasteiger partial charge in [-0.15, -0.1) is 6.58 Å². The highest BCUT2D eigenvalue weighted by Crippen LogP contribution is 2.42. The summed E-state index contributed by atoms with van der Waals surface area (Å²) in [7, 11) is -1.08. The number of hydrogen-bond acceptors (Lipinski definition) is 6. The third-order valence-electron chi connectivity index (χ3n) is 10.5. The van der Waals surface area contributed by atoms with Crippen molar-refractivity contribution < 1.29 is 28.2 Å². The molecular weight excluding hydrogens is 653 g/mol. The van der Waals surface area contributed by atoms with Crippen LogP contribution in [0, 0.1) is 11.3 Å². The van der Waals surface area contributed by atoms with Crippen LogP contribution in [0.3, 0.4) is 0 Å². The van der Waals surface area contributed by atoms with Gasteiger partial charge in [0.25, 0.3) is 8.32 Å². The number of esters is 1. The van der Waals surface area contributed by atoms with E-state index in [2.05, 4.69) is 88.9 Å². The fraction of sp³-hybridized carbons (Fsp3) is 0.409. The molecule has 270 valence electrons. The number of benzene rings is 3. The zero-order valence-corrected chi connectivity index (χ0v) is 32.0. The largest absolute Gasteiger partial charge is 0.497 e. The Kier molecular flexibility index (Phi) is 12.7. The van der Waals surface area contributed by atoms with Gasteiger partial charge in [0.15, 0.2) is 0 Å². The Bertz CT molecular complexity index is 1650. The molecule has 51 heavy (non-hydrogen) atoms. The second-order valence-electron chi connectivity index (χ2n) is 15.2. The summed E-state index contributed by atoms with van der Waals surface area (Å²) in [5.74, 6) is 0.266. The molecule has 0 fully saturated rings. The summed E-state index contributed by atoms with van der Waals surface area (Å²) >= 11 is 0. The molecular formula is C44H54O6Si. The van der Waals surface area contributed by atoms with Gasteiger partial charge in [-0.25, -0.2) is 4.79 Å². The topological polar surface area (TPSA) is 71.1 Å². The summed E-state index contributed by atoms with van der Waals surface area (Å²) in [6, 6.07) is 29.1. The van der Waals surface area contributed by atoms with E-state index in [1.54, 1.807) is 7.11 Å². The number of aldehydes is 1. The second-order valence-corrected chi connectivity index (χ2v) is 19.5. The van der Waals surface area contributed by atoms with Crippen LogP contribution in [-0.2, 0) is 30.1 Å². The van der Waals surface area contributed by atoms with Gasteiger partial charge in [-0.2, -0.15) is 0 Å². The lowest BCUT2D eigenvalue weighted by Gasteiger charge is -2.44. The first-order valence-corrected chi connectivity index (χ1v) is 20.1. The molecule has 0 aromatic heterocycles. The molecule has 0 bridgehead atoms. The standard InChI is InChI=1S/C44H54O6Si/c1-7-8-11-20-39-40(29-45)35(27-41(39)48-30-33-21-23-36(47-6)24-22-33)31-49-42(46)34-25-26-44(5,28-34)32-50-51(43(2,3)4,37-16-12-9-13-17-37)38-18-14-10-15-19-38/h7,9-10,12-19,21-24,28-29,35,41H,1,8,11,20,25-27,30-32H2,2-6H3/t35-,41-,44+/m1/s1. The van der Waals surface area contributed by atoms with E-state index in [-0.39, 0.29) is 35.1 Å². The molecule has 3 aromatic carbocycles. The molecule has 0 spiro atoms. The lowest BCUT2D eigenvalue weighted by atomic mass is 9.92. The van der Waals surface area contributed by atoms with E-state index in [4.69, 9.17) is 18.6 Å². The average molecular weight is 707 g/mol. The maximum Gasteiger partial charge on any atom is 0.333 e. The Balaban J connectivity index is 1.27. The van der Waals surface area contributed by atoms with Gasteiger partial charge >= 0.3 is 5.97 Å². The molecule has 3 atom stereocenters. The molecule has 0 amide bonds. The monoisotopic (exact) mass is 706 g/mol. The number of ether oxygens (including phenoxy) is 3. The molecule has 0 heterocycles. The Morgan fingerprint density at radius 3 is 2.20 bits per heavy atom. The number of carbonyl (C=O) groups is 2. The van der Waals surface area contributed by atoms with E-state index in [0.717, 1.165) is 48.9 Å². The van der Waals surface area contributed by atoms with E-state index in [1.807, 2.05) is 42.5 Å². The van der Waals surface area contributed by atoms with Crippen molar-refractivity contribution in [1.29, 1.82) is 0 Å². The van der Waals surface area contributed by atoms with Crippen LogP contribution in [0.15, 0.2) is 120 Å². The fourth-order valence-corrected chi connectivity index (χ4v) is 12.4. The Morgan fingerprint density at radius 2 is 1.63 bits per heavy atom. The number of unbranched alkanes of at least 4 members (excludes halogenated alkanes) is 1. The lowest BCUT2D eigenvalue weighted by Crippen LogP contribution is -2.67. The molecule has 0 N–H and O–H groups in total. The van der Waals surface area contributed by atoms with Crippen LogP contribution in [0.2, 0.25) is 5.04 Å². The molecule has 0 saturated heterocycles. The number of hydrogen-bond donors (Lipinski definition) is 0. The number of carbonyl (C=O) groups excluding carboxylic acids is 2. The quantitative estimate of drug-likeness (QED) is 0.0463. The van der Waals surface area contributed by atoms with Crippen molar-refractivity contribution in [3.8, 4) is 5.75 Å². The fourth-order valence-electron chi connectivity index (χ4n) is 7.70. The highest BCUT2D eigenvalue weighted by molar-refractivity contribution is 6.99. The second kappa shape index (κ2) is 17.0. The van der Waals surface area contributed by atoms with E-state index in [9.17, 15) is 9.59 Å². The van der Waals surface area contributed by atoms with Crippen molar-refractivity contribution in [2.45, 2.75) is 84.0 Å². The smallest absolute Gasteiger partial charge is 0.333 e. The molecule has 5 rings (SSSR count). The predicted octanol–water partition coefficient (Wildman–Crippen LogP) is 8.30. The number of allylic oxidation sites excluding steroid dienone is 1. The SMILES string of the molecule is C=CCCCC1=C(C=O)[C@@H](COC(=O)C2=C[C@@](C)(CO[Si](c3ccccc3)(c3ccccc3)C(C)(C)C)CC2)C[C@H]1OCc1ccc(OC)cc1. The summed E-state index contributed by atoms with van der Waals surface area (Å²) in [4.78, 5) is 26.0. The van der Waals surface area contributed by atoms with Crippen LogP contribution in [0.4, 0.5) is 0 Å². The minimum Gasteiger partial charge on any atom is -0.497 e. The highest BCUT2D eigenvalue weighted by atomic mass is 28.4. The van der Waals surface area contributed by atoms with Gasteiger partial charge in [-0.1, -0.05) is 113 Å². The lowest BCUT2D eigenvalue weighted by molar-refractivity contribution is -0.140. The van der Waals surface area contributed by atoms with Gasteiger partial charge in [0.1, 0.15) is 12.0 Å². The number of methoxy groups -OCH3 is 1. The van der Waals surface area contributed by atoms with Crippen LogP contribution in [0.5, 0.6) is 5.75 Å². The van der Waals surface area contributed by atoms with Gasteiger partial charge in [0.05, 0.1) is 26.4 Å². The van der Waals surface area contributed by atoms with Crippen LogP contribution in [-0.4, -0.2) is 47.0 Å². The third-order valence-corrected chi connectivity index (χ3v) is 15.5. The summed E-state index contributed by atoms with van der Waals surface area (Å²) in [5, 5.41) is 2.33. The van der Waals surface area contributed by atoms with Crippen molar-refractivity contribution in [1.82, 2.24) is 0 Å². The first kappa shape index (κ1) is 38.2. The van der Waals surface area contributed by atoms with Crippen LogP contribution >= 0.6 is 0 Å². The summed E-state index contributed by atoms with van der Waals surface area (Å²) in [6.45, 7) is 13.9. The van der Waals surface area contributed by atoms with E-state index in [0.29, 0.717) is 37.2 Å². The molecule has 0 aliphatic heterocycles. The zero-order chi connectivity index (χ0) is 36.5. The molecule has 6 nitrogen and oxygen atoms in total. The molecule has 2 aliphatic rings. The van der Waals surface area contributed by atoms with Gasteiger partial charge in [-0.3, -0.25) is 4.79 Å². The zero-order valence-electron chi connectivity index (χ0n) is 31.0. The van der Waals surface area contributed by atoms with Crippen molar-refractivity contribution in [2.24, 2.45) is 11.3 Å². The predicted molar refractivity (Wildman–Crippen MR) is 207 cm³/mol. The minimum atomic E-state index is -2.72. The Labute approximate surface area is 305 Å². The van der Waals surface area contributed by atoms with Crippen LogP contribution in [0.25, 0.3) is 0 Å². The van der Waals surface area contributed by atoms with Gasteiger partial charge in [0, 0.05) is 29.1 Å². The van der Waals surface area contributed by atoms with Crippen LogP contribution in [0.1, 0.15) is 71.8 Å². The molecule has 0 saturated carbocycles. The average Bonchev–Trinajstić information content (AvgIpc) is 3.70. The van der Waals surface area contributed by atoms with Gasteiger partial charge in [-0.05, 0) is 77.2 Å². The maximum absolute atomic E-state index is 13.5. The molecule has 0 radical (unpaired) electrons.